The van der Waals surface area contributed by atoms with Gasteiger partial charge < -0.3 is 13.9 Å². The molecular weight excluding hydrogens is 519 g/mol. The Balaban J connectivity index is 0.000000799. The molecule has 0 amide bonds. The van der Waals surface area contributed by atoms with E-state index in [0.717, 1.165) is 51.4 Å². The van der Waals surface area contributed by atoms with Gasteiger partial charge in [0.15, 0.2) is 0 Å². The standard InChI is InChI=1S/C21H41N2.C12H27O4P/c1-3-5-7-9-10-11-12-13-14-16-18-23-20-19-22(21-23)17-15-8-6-4-2;1-3-5-7-9-11-15-17(13,14)16-12-10-8-6-4-2/h19-21H,3-18H2,1-2H3;3-12H2,1-2H3,(H,13,14)/q+1;/p-1. The first-order valence-corrected chi connectivity index (χ1v) is 18.6. The van der Waals surface area contributed by atoms with Gasteiger partial charge in [0.1, 0.15) is 12.4 Å². The molecule has 0 aliphatic carbocycles. The third-order valence-corrected chi connectivity index (χ3v) is 8.28. The summed E-state index contributed by atoms with van der Waals surface area (Å²) in [5.74, 6) is 0. The highest BCUT2D eigenvalue weighted by Crippen LogP contribution is 2.38. The van der Waals surface area contributed by atoms with Crippen LogP contribution in [0.3, 0.4) is 0 Å². The van der Waals surface area contributed by atoms with Gasteiger partial charge in [-0.2, -0.15) is 0 Å². The minimum Gasteiger partial charge on any atom is -0.756 e. The molecule has 238 valence electrons. The van der Waals surface area contributed by atoms with E-state index < -0.39 is 7.82 Å². The van der Waals surface area contributed by atoms with Crippen LogP contribution in [0.4, 0.5) is 0 Å². The van der Waals surface area contributed by atoms with Crippen LogP contribution < -0.4 is 9.46 Å². The van der Waals surface area contributed by atoms with Gasteiger partial charge >= 0.3 is 0 Å². The van der Waals surface area contributed by atoms with Gasteiger partial charge in [-0.15, -0.1) is 0 Å². The molecule has 0 N–H and O–H groups in total. The van der Waals surface area contributed by atoms with Gasteiger partial charge in [0, 0.05) is 0 Å². The second kappa shape index (κ2) is 29.8. The Labute approximate surface area is 249 Å². The molecule has 1 aromatic heterocycles. The number of unbranched alkanes of at least 4 members (excludes halogenated alkanes) is 18. The number of rotatable bonds is 28. The van der Waals surface area contributed by atoms with Crippen molar-refractivity contribution < 1.29 is 23.1 Å². The van der Waals surface area contributed by atoms with Crippen LogP contribution in [0.25, 0.3) is 0 Å². The summed E-state index contributed by atoms with van der Waals surface area (Å²) in [5.41, 5.74) is 0. The van der Waals surface area contributed by atoms with E-state index >= 15 is 0 Å². The molecule has 0 aliphatic heterocycles. The lowest BCUT2D eigenvalue weighted by atomic mass is 10.1. The molecule has 0 atom stereocenters. The van der Waals surface area contributed by atoms with Crippen LogP contribution >= 0.6 is 7.82 Å². The Bertz CT molecular complexity index is 665. The van der Waals surface area contributed by atoms with E-state index in [1.807, 2.05) is 0 Å². The average Bonchev–Trinajstić information content (AvgIpc) is 3.40. The lowest BCUT2D eigenvalue weighted by Crippen LogP contribution is -2.30. The fourth-order valence-electron chi connectivity index (χ4n) is 4.65. The maximum Gasteiger partial charge on any atom is 0.267 e. The van der Waals surface area contributed by atoms with Gasteiger partial charge in [0.2, 0.25) is 6.33 Å². The normalized spacial score (nSPS) is 11.5. The first kappa shape index (κ1) is 39.3. The van der Waals surface area contributed by atoms with Crippen molar-refractivity contribution >= 4 is 7.82 Å². The molecule has 0 spiro atoms. The fraction of sp³-hybridized carbons (Fsp3) is 0.909. The number of aromatic nitrogens is 2. The number of hydrogen-bond donors (Lipinski definition) is 0. The molecule has 1 heterocycles. The molecule has 0 saturated carbocycles. The highest BCUT2D eigenvalue weighted by molar-refractivity contribution is 7.45. The van der Waals surface area contributed by atoms with Crippen molar-refractivity contribution in [3.05, 3.63) is 18.7 Å². The molecular formula is C33H67N2O4P. The lowest BCUT2D eigenvalue weighted by molar-refractivity contribution is -0.696. The maximum absolute atomic E-state index is 11.3. The molecule has 0 radical (unpaired) electrons. The van der Waals surface area contributed by atoms with Gasteiger partial charge in [0.05, 0.1) is 26.3 Å². The molecule has 1 rings (SSSR count). The summed E-state index contributed by atoms with van der Waals surface area (Å²) >= 11 is 0. The van der Waals surface area contributed by atoms with Crippen molar-refractivity contribution in [3.8, 4) is 0 Å². The van der Waals surface area contributed by atoms with Crippen molar-refractivity contribution in [2.75, 3.05) is 13.2 Å². The zero-order valence-corrected chi connectivity index (χ0v) is 28.0. The summed E-state index contributed by atoms with van der Waals surface area (Å²) < 4.78 is 25.5. The second-order valence-electron chi connectivity index (χ2n) is 11.4. The van der Waals surface area contributed by atoms with E-state index in [-0.39, 0.29) is 13.2 Å². The Morgan fingerprint density at radius 3 is 1.48 bits per heavy atom. The second-order valence-corrected chi connectivity index (χ2v) is 12.8. The predicted molar refractivity (Wildman–Crippen MR) is 168 cm³/mol. The van der Waals surface area contributed by atoms with E-state index in [1.54, 1.807) is 0 Å². The predicted octanol–water partition coefficient (Wildman–Crippen LogP) is 9.93. The Kier molecular flexibility index (Phi) is 29.3. The van der Waals surface area contributed by atoms with Crippen LogP contribution in [0, 0.1) is 0 Å². The molecule has 0 fully saturated rings. The molecule has 0 aromatic carbocycles. The summed E-state index contributed by atoms with van der Waals surface area (Å²) in [6.45, 7) is 11.7. The van der Waals surface area contributed by atoms with Crippen LogP contribution in [0.15, 0.2) is 18.7 Å². The molecule has 0 unspecified atom stereocenters. The molecule has 0 saturated heterocycles. The molecule has 40 heavy (non-hydrogen) atoms. The van der Waals surface area contributed by atoms with E-state index in [2.05, 4.69) is 55.6 Å². The Morgan fingerprint density at radius 1 is 0.600 bits per heavy atom. The Morgan fingerprint density at radius 2 is 1.00 bits per heavy atom. The van der Waals surface area contributed by atoms with E-state index in [4.69, 9.17) is 9.05 Å². The monoisotopic (exact) mass is 586 g/mol. The molecule has 7 heteroatoms. The summed E-state index contributed by atoms with van der Waals surface area (Å²) in [6.07, 6.45) is 34.4. The minimum atomic E-state index is -4.04. The van der Waals surface area contributed by atoms with Crippen molar-refractivity contribution in [2.24, 2.45) is 0 Å². The van der Waals surface area contributed by atoms with Crippen molar-refractivity contribution in [3.63, 3.8) is 0 Å². The van der Waals surface area contributed by atoms with Gasteiger partial charge in [-0.1, -0.05) is 130 Å². The Hall–Kier alpha value is -0.680. The van der Waals surface area contributed by atoms with Crippen molar-refractivity contribution in [1.29, 1.82) is 0 Å². The summed E-state index contributed by atoms with van der Waals surface area (Å²) in [4.78, 5) is 11.3. The lowest BCUT2D eigenvalue weighted by Gasteiger charge is -2.22. The van der Waals surface area contributed by atoms with Crippen LogP contribution in [0.2, 0.25) is 0 Å². The number of nitrogens with zero attached hydrogens (tertiary/aromatic N) is 2. The quantitative estimate of drug-likeness (QED) is 0.0557. The number of aryl methyl sites for hydroxylation is 2. The van der Waals surface area contributed by atoms with E-state index in [0.29, 0.717) is 0 Å². The zero-order chi connectivity index (χ0) is 29.6. The highest BCUT2D eigenvalue weighted by Gasteiger charge is 2.08. The SMILES string of the molecule is CCCCCCCCCCCC[n+]1ccn(CCCCCC)c1.CCCCCCOP(=O)([O-])OCCCCCC. The number of phosphoric ester groups is 1. The van der Waals surface area contributed by atoms with Crippen LogP contribution in [-0.4, -0.2) is 17.8 Å². The zero-order valence-electron chi connectivity index (χ0n) is 27.1. The molecule has 6 nitrogen and oxygen atoms in total. The van der Waals surface area contributed by atoms with E-state index in [1.165, 1.54) is 103 Å². The smallest absolute Gasteiger partial charge is 0.267 e. The third kappa shape index (κ3) is 27.5. The van der Waals surface area contributed by atoms with Gasteiger partial charge in [-0.3, -0.25) is 4.57 Å². The first-order chi connectivity index (χ1) is 19.5. The average molecular weight is 587 g/mol. The molecule has 0 bridgehead atoms. The van der Waals surface area contributed by atoms with Crippen LogP contribution in [-0.2, 0) is 26.7 Å². The number of phosphoric acid groups is 1. The van der Waals surface area contributed by atoms with E-state index in [9.17, 15) is 9.46 Å². The maximum atomic E-state index is 11.3. The molecule has 0 aliphatic rings. The molecule has 1 aromatic rings. The summed E-state index contributed by atoms with van der Waals surface area (Å²) in [5, 5.41) is 0. The summed E-state index contributed by atoms with van der Waals surface area (Å²) in [6, 6.07) is 0. The topological polar surface area (TPSA) is 67.4 Å². The first-order valence-electron chi connectivity index (χ1n) is 17.1. The van der Waals surface area contributed by atoms with Crippen molar-refractivity contribution in [1.82, 2.24) is 4.57 Å². The van der Waals surface area contributed by atoms with Crippen LogP contribution in [0.1, 0.15) is 169 Å². The van der Waals surface area contributed by atoms with Gasteiger partial charge in [-0.25, -0.2) is 9.13 Å². The highest BCUT2D eigenvalue weighted by atomic mass is 31.2. The van der Waals surface area contributed by atoms with Crippen molar-refractivity contribution in [2.45, 2.75) is 182 Å². The number of imidazole rings is 1. The third-order valence-electron chi connectivity index (χ3n) is 7.28. The van der Waals surface area contributed by atoms with Gasteiger partial charge in [-0.05, 0) is 38.5 Å². The number of hydrogen-bond acceptors (Lipinski definition) is 4. The van der Waals surface area contributed by atoms with Crippen LogP contribution in [0.5, 0.6) is 0 Å². The largest absolute Gasteiger partial charge is 0.756 e. The fourth-order valence-corrected chi connectivity index (χ4v) is 5.43. The minimum absolute atomic E-state index is 0.246. The summed E-state index contributed by atoms with van der Waals surface area (Å²) in [7, 11) is -4.04. The van der Waals surface area contributed by atoms with Gasteiger partial charge in [0.25, 0.3) is 7.82 Å².